The lowest BCUT2D eigenvalue weighted by molar-refractivity contribution is -0.577. The molecule has 2 spiro atoms. The summed E-state index contributed by atoms with van der Waals surface area (Å²) in [6.45, 7) is 14.6. The zero-order valence-electron chi connectivity index (χ0n) is 33.5. The molecule has 17 atom stereocenters. The third-order valence-corrected chi connectivity index (χ3v) is 15.6. The molecule has 2 aromatic rings. The second-order valence-electron chi connectivity index (χ2n) is 19.0. The lowest BCUT2D eigenvalue weighted by atomic mass is 9.58. The largest absolute Gasteiger partial charge is 0.361 e. The van der Waals surface area contributed by atoms with Crippen LogP contribution in [-0.2, 0) is 54.4 Å². The Morgan fingerprint density at radius 2 is 1.25 bits per heavy atom. The highest BCUT2D eigenvalue weighted by molar-refractivity contribution is 5.83. The van der Waals surface area contributed by atoms with E-state index in [1.54, 1.807) is 0 Å². The first-order chi connectivity index (χ1) is 26.5. The third kappa shape index (κ3) is 6.02. The molecule has 9 heterocycles. The van der Waals surface area contributed by atoms with Gasteiger partial charge in [-0.25, -0.2) is 19.6 Å². The molecule has 0 radical (unpaired) electrons. The van der Waals surface area contributed by atoms with Crippen molar-refractivity contribution in [1.82, 2.24) is 10.3 Å². The van der Waals surface area contributed by atoms with Crippen LogP contribution in [0, 0.1) is 47.3 Å². The molecule has 2 aliphatic carbocycles. The molecule has 12 rings (SSSR count). The first kappa shape index (κ1) is 37.6. The fourth-order valence-corrected chi connectivity index (χ4v) is 12.5. The third-order valence-electron chi connectivity index (χ3n) is 15.6. The van der Waals surface area contributed by atoms with Crippen LogP contribution in [0.2, 0.25) is 0 Å². The molecule has 12 nitrogen and oxygen atoms in total. The van der Waals surface area contributed by atoms with E-state index in [4.69, 9.17) is 48.0 Å². The molecule has 8 saturated heterocycles. The van der Waals surface area contributed by atoms with E-state index in [0.717, 1.165) is 69.8 Å². The van der Waals surface area contributed by atoms with Crippen LogP contribution in [0.25, 0.3) is 10.9 Å². The number of para-hydroxylation sites is 1. The Labute approximate surface area is 325 Å². The number of hydrogen-bond acceptors (Lipinski definition) is 11. The molecule has 55 heavy (non-hydrogen) atoms. The van der Waals surface area contributed by atoms with Crippen LogP contribution in [0.1, 0.15) is 98.5 Å². The highest BCUT2D eigenvalue weighted by atomic mass is 17.3. The summed E-state index contributed by atoms with van der Waals surface area (Å²) in [6, 6.07) is 8.32. The summed E-state index contributed by atoms with van der Waals surface area (Å²) in [5.41, 5.74) is 1.18. The molecule has 3 unspecified atom stereocenters. The molecule has 304 valence electrons. The van der Waals surface area contributed by atoms with Gasteiger partial charge in [0.05, 0.1) is 19.3 Å². The molecule has 0 amide bonds. The van der Waals surface area contributed by atoms with Gasteiger partial charge in [0.15, 0.2) is 36.4 Å². The number of fused-ring (bicyclic) bond motifs is 5. The number of aromatic amines is 1. The van der Waals surface area contributed by atoms with Gasteiger partial charge in [-0.2, -0.15) is 0 Å². The Balaban J connectivity index is 0.862. The Morgan fingerprint density at radius 1 is 0.709 bits per heavy atom. The summed E-state index contributed by atoms with van der Waals surface area (Å²) in [5, 5.41) is 5.05. The first-order valence-electron chi connectivity index (χ1n) is 21.4. The number of H-pyrrole nitrogens is 1. The minimum atomic E-state index is -0.830. The molecule has 10 aliphatic rings. The molecule has 2 saturated carbocycles. The Bertz CT molecular complexity index is 1630. The molecule has 10 fully saturated rings. The fraction of sp³-hybridized carbons (Fsp3) is 0.814. The standard InChI is InChI=1S/C43H62N2O10/c1-24-11-13-33-26(3)36(48-38-42(33)31(24)15-18-40(5,50-38)52-54-42)46-22-29(44-20-17-28-21-45-35-10-8-7-9-30(28)35)23-47-37-27(4)34-14-12-25(2)32-16-19-41(6)51-39(49-37)43(32,34)55-53-41/h7-10,21,24-27,29,31-34,36-39,44-45H,11-20,22-23H2,1-6H3/t24-,25-,26-,27-,29?,31+,32+,33+,34+,36+,37+,38-,39?,40?,41-,42-,43-/m1/s1. The zero-order valence-corrected chi connectivity index (χ0v) is 33.5. The average molecular weight is 767 g/mol. The highest BCUT2D eigenvalue weighted by Gasteiger charge is 2.71. The Kier molecular flexibility index (Phi) is 9.54. The van der Waals surface area contributed by atoms with E-state index in [9.17, 15) is 0 Å². The van der Waals surface area contributed by atoms with E-state index in [1.807, 2.05) is 13.8 Å². The minimum Gasteiger partial charge on any atom is -0.361 e. The number of rotatable bonds is 10. The highest BCUT2D eigenvalue weighted by Crippen LogP contribution is 2.62. The maximum atomic E-state index is 6.81. The number of benzene rings is 1. The molecule has 1 aromatic carbocycles. The maximum absolute atomic E-state index is 6.81. The minimum absolute atomic E-state index is 0.0830. The van der Waals surface area contributed by atoms with Crippen molar-refractivity contribution in [3.8, 4) is 0 Å². The van der Waals surface area contributed by atoms with Gasteiger partial charge in [0.25, 0.3) is 0 Å². The van der Waals surface area contributed by atoms with Gasteiger partial charge in [-0.1, -0.05) is 45.9 Å². The van der Waals surface area contributed by atoms with Gasteiger partial charge in [0, 0.05) is 53.6 Å². The second kappa shape index (κ2) is 14.0. The smallest absolute Gasteiger partial charge is 0.201 e. The van der Waals surface area contributed by atoms with Gasteiger partial charge >= 0.3 is 0 Å². The van der Waals surface area contributed by atoms with E-state index in [2.05, 4.69) is 68.5 Å². The van der Waals surface area contributed by atoms with Gasteiger partial charge in [-0.05, 0) is 101 Å². The molecule has 12 heteroatoms. The van der Waals surface area contributed by atoms with Gasteiger partial charge in [-0.3, -0.25) is 0 Å². The second-order valence-corrected chi connectivity index (χ2v) is 19.0. The van der Waals surface area contributed by atoms with Crippen molar-refractivity contribution in [3.63, 3.8) is 0 Å². The summed E-state index contributed by atoms with van der Waals surface area (Å²) in [4.78, 5) is 28.3. The zero-order chi connectivity index (χ0) is 37.7. The van der Waals surface area contributed by atoms with Crippen molar-refractivity contribution in [2.45, 2.75) is 153 Å². The average Bonchev–Trinajstić information content (AvgIpc) is 3.25. The van der Waals surface area contributed by atoms with E-state index in [1.165, 1.54) is 10.9 Å². The first-order valence-corrected chi connectivity index (χ1v) is 21.4. The fourth-order valence-electron chi connectivity index (χ4n) is 12.5. The number of aromatic nitrogens is 1. The molecule has 4 bridgehead atoms. The number of hydrogen-bond donors (Lipinski definition) is 2. The number of nitrogens with one attached hydrogen (secondary N) is 2. The van der Waals surface area contributed by atoms with Crippen LogP contribution in [0.15, 0.2) is 30.5 Å². The maximum Gasteiger partial charge on any atom is 0.201 e. The van der Waals surface area contributed by atoms with Gasteiger partial charge < -0.3 is 38.7 Å². The van der Waals surface area contributed by atoms with Crippen molar-refractivity contribution in [1.29, 1.82) is 0 Å². The van der Waals surface area contributed by atoms with Crippen LogP contribution in [0.5, 0.6) is 0 Å². The van der Waals surface area contributed by atoms with E-state index >= 15 is 0 Å². The van der Waals surface area contributed by atoms with E-state index in [-0.39, 0.29) is 29.7 Å². The van der Waals surface area contributed by atoms with Gasteiger partial charge in [-0.15, -0.1) is 0 Å². The van der Waals surface area contributed by atoms with E-state index < -0.39 is 47.9 Å². The predicted molar refractivity (Wildman–Crippen MR) is 199 cm³/mol. The summed E-state index contributed by atoms with van der Waals surface area (Å²) in [6.07, 6.45) is 8.86. The molecule has 1 aromatic heterocycles. The monoisotopic (exact) mass is 766 g/mol. The lowest BCUT2D eigenvalue weighted by Crippen LogP contribution is -2.70. The quantitative estimate of drug-likeness (QED) is 0.241. The van der Waals surface area contributed by atoms with Crippen LogP contribution in [-0.4, -0.2) is 78.7 Å². The summed E-state index contributed by atoms with van der Waals surface area (Å²) in [7, 11) is 0. The van der Waals surface area contributed by atoms with E-state index in [0.29, 0.717) is 36.9 Å². The summed E-state index contributed by atoms with van der Waals surface area (Å²) in [5.74, 6) is 0.519. The van der Waals surface area contributed by atoms with Crippen molar-refractivity contribution in [2.75, 3.05) is 19.8 Å². The molecular formula is C43H62N2O10. The summed E-state index contributed by atoms with van der Waals surface area (Å²) < 4.78 is 40.5. The molecular weight excluding hydrogens is 704 g/mol. The Hall–Kier alpha value is -1.68. The Morgan fingerprint density at radius 3 is 1.82 bits per heavy atom. The molecule has 8 aliphatic heterocycles. The van der Waals surface area contributed by atoms with Crippen molar-refractivity contribution >= 4 is 10.9 Å². The van der Waals surface area contributed by atoms with Crippen LogP contribution in [0.4, 0.5) is 0 Å². The van der Waals surface area contributed by atoms with Crippen LogP contribution < -0.4 is 5.32 Å². The SMILES string of the molecule is C[C@H]1[C@@H](OCC(CO[C@H]2O[C@@H]3OC4(C)CC[C@H]5[C@H](C)CC[C@@H]([C@H]2C)[C@@]35OO4)NCCc2c[nH]c3ccccc23)OC2O[C@@]3(C)CC[C@H]4[C@H](C)CC[C@@H]1[C@@]24OO3. The van der Waals surface area contributed by atoms with Gasteiger partial charge in [0.2, 0.25) is 11.6 Å². The predicted octanol–water partition coefficient (Wildman–Crippen LogP) is 7.12. The molecule has 2 N–H and O–H groups in total. The van der Waals surface area contributed by atoms with Crippen molar-refractivity contribution < 1.29 is 48.0 Å². The van der Waals surface area contributed by atoms with Gasteiger partial charge in [0.1, 0.15) is 0 Å². The normalized spacial score (nSPS) is 49.2. The van der Waals surface area contributed by atoms with Crippen molar-refractivity contribution in [2.24, 2.45) is 47.3 Å². The van der Waals surface area contributed by atoms with Crippen molar-refractivity contribution in [3.05, 3.63) is 36.0 Å². The van der Waals surface area contributed by atoms with Crippen LogP contribution >= 0.6 is 0 Å². The topological polar surface area (TPSA) is 120 Å². The summed E-state index contributed by atoms with van der Waals surface area (Å²) >= 11 is 0. The van der Waals surface area contributed by atoms with Crippen LogP contribution in [0.3, 0.4) is 0 Å². The number of ether oxygens (including phenoxy) is 6. The lowest BCUT2D eigenvalue weighted by Gasteiger charge is -2.60.